The molecule has 0 aliphatic heterocycles. The molecule has 0 spiro atoms. The number of aromatic nitrogens is 1. The predicted molar refractivity (Wildman–Crippen MR) is 64.8 cm³/mol. The van der Waals surface area contributed by atoms with Crippen LogP contribution in [0, 0.1) is 0 Å². The highest BCUT2D eigenvalue weighted by molar-refractivity contribution is 6.59. The van der Waals surface area contributed by atoms with Gasteiger partial charge in [-0.2, -0.15) is 0 Å². The van der Waals surface area contributed by atoms with Crippen molar-refractivity contribution in [3.63, 3.8) is 0 Å². The molecule has 0 unspecified atom stereocenters. The number of rotatable bonds is 4. The first-order chi connectivity index (χ1) is 8.27. The number of hydrogen-bond acceptors (Lipinski definition) is 4. The van der Waals surface area contributed by atoms with Gasteiger partial charge in [-0.3, -0.25) is 4.98 Å². The van der Waals surface area contributed by atoms with Crippen molar-refractivity contribution >= 4 is 12.6 Å². The maximum absolute atomic E-state index is 9.17. The molecule has 1 heterocycles. The lowest BCUT2D eigenvalue weighted by Crippen LogP contribution is -2.31. The highest BCUT2D eigenvalue weighted by Crippen LogP contribution is 2.09. The summed E-state index contributed by atoms with van der Waals surface area (Å²) < 4.78 is 5.54. The fourth-order valence-corrected chi connectivity index (χ4v) is 1.47. The van der Waals surface area contributed by atoms with Gasteiger partial charge in [0.1, 0.15) is 12.4 Å². The smallest absolute Gasteiger partial charge is 0.489 e. The lowest BCUT2D eigenvalue weighted by Gasteiger charge is -2.10. The molecule has 2 rings (SSSR count). The molecule has 0 bridgehead atoms. The van der Waals surface area contributed by atoms with Crippen LogP contribution < -0.4 is 10.2 Å². The van der Waals surface area contributed by atoms with E-state index in [9.17, 15) is 0 Å². The van der Waals surface area contributed by atoms with Crippen LogP contribution in [0.25, 0.3) is 0 Å². The lowest BCUT2D eigenvalue weighted by molar-refractivity contribution is 0.306. The Kier molecular flexibility index (Phi) is 3.75. The van der Waals surface area contributed by atoms with Crippen molar-refractivity contribution in [3.05, 3.63) is 54.4 Å². The third-order valence-corrected chi connectivity index (χ3v) is 2.34. The first-order valence-electron chi connectivity index (χ1n) is 5.24. The van der Waals surface area contributed by atoms with Crippen LogP contribution in [-0.4, -0.2) is 22.2 Å². The quantitative estimate of drug-likeness (QED) is 0.742. The van der Waals surface area contributed by atoms with Crippen molar-refractivity contribution in [3.8, 4) is 5.75 Å². The first-order valence-corrected chi connectivity index (χ1v) is 5.24. The monoisotopic (exact) mass is 229 g/mol. The summed E-state index contributed by atoms with van der Waals surface area (Å²) >= 11 is 0. The summed E-state index contributed by atoms with van der Waals surface area (Å²) in [4.78, 5) is 3.91. The number of para-hydroxylation sites is 1. The molecule has 0 radical (unpaired) electrons. The van der Waals surface area contributed by atoms with E-state index in [1.807, 2.05) is 12.1 Å². The Balaban J connectivity index is 2.09. The van der Waals surface area contributed by atoms with Crippen LogP contribution in [0.5, 0.6) is 5.75 Å². The second-order valence-corrected chi connectivity index (χ2v) is 3.56. The average Bonchev–Trinajstić information content (AvgIpc) is 2.38. The molecule has 4 nitrogen and oxygen atoms in total. The van der Waals surface area contributed by atoms with E-state index in [2.05, 4.69) is 4.98 Å². The van der Waals surface area contributed by atoms with E-state index in [-0.39, 0.29) is 0 Å². The molecule has 0 amide bonds. The van der Waals surface area contributed by atoms with E-state index in [1.165, 1.54) is 0 Å². The molecular weight excluding hydrogens is 217 g/mol. The Morgan fingerprint density at radius 2 is 1.76 bits per heavy atom. The molecule has 2 aromatic rings. The number of nitrogens with zero attached hydrogens (tertiary/aromatic N) is 1. The maximum Gasteiger partial charge on any atom is 0.492 e. The summed E-state index contributed by atoms with van der Waals surface area (Å²) in [6, 6.07) is 10.5. The third-order valence-electron chi connectivity index (χ3n) is 2.34. The number of ether oxygens (including phenoxy) is 1. The normalized spacial score (nSPS) is 10.0. The maximum atomic E-state index is 9.17. The summed E-state index contributed by atoms with van der Waals surface area (Å²) in [5.74, 6) is 0.472. The molecule has 1 aromatic heterocycles. The first kappa shape index (κ1) is 11.6. The Morgan fingerprint density at radius 1 is 1.06 bits per heavy atom. The molecule has 0 atom stereocenters. The lowest BCUT2D eigenvalue weighted by atomic mass is 9.79. The SMILES string of the molecule is OB(O)c1ccccc1OCc1ccncc1. The molecule has 0 saturated carbocycles. The molecule has 17 heavy (non-hydrogen) atoms. The Labute approximate surface area is 99.7 Å². The fourth-order valence-electron chi connectivity index (χ4n) is 1.47. The van der Waals surface area contributed by atoms with Crippen molar-refractivity contribution in [2.45, 2.75) is 6.61 Å². The summed E-state index contributed by atoms with van der Waals surface area (Å²) in [5.41, 5.74) is 1.34. The highest BCUT2D eigenvalue weighted by atomic mass is 16.5. The zero-order valence-corrected chi connectivity index (χ0v) is 9.15. The fraction of sp³-hybridized carbons (Fsp3) is 0.0833. The van der Waals surface area contributed by atoms with Gasteiger partial charge >= 0.3 is 7.12 Å². The molecule has 2 N–H and O–H groups in total. The third kappa shape index (κ3) is 3.06. The molecule has 5 heteroatoms. The highest BCUT2D eigenvalue weighted by Gasteiger charge is 2.16. The van der Waals surface area contributed by atoms with Crippen molar-refractivity contribution in [1.82, 2.24) is 4.98 Å². The largest absolute Gasteiger partial charge is 0.492 e. The van der Waals surface area contributed by atoms with Crippen LogP contribution in [0.3, 0.4) is 0 Å². The van der Waals surface area contributed by atoms with Crippen molar-refractivity contribution in [1.29, 1.82) is 0 Å². The van der Waals surface area contributed by atoms with Gasteiger partial charge in [-0.15, -0.1) is 0 Å². The van der Waals surface area contributed by atoms with E-state index in [1.54, 1.807) is 36.7 Å². The van der Waals surface area contributed by atoms with Gasteiger partial charge < -0.3 is 14.8 Å². The zero-order valence-electron chi connectivity index (χ0n) is 9.15. The van der Waals surface area contributed by atoms with E-state index in [4.69, 9.17) is 14.8 Å². The van der Waals surface area contributed by atoms with E-state index < -0.39 is 7.12 Å². The Bertz CT molecular complexity index is 476. The molecular formula is C12H12BNO3. The molecule has 0 aliphatic rings. The van der Waals surface area contributed by atoms with Crippen molar-refractivity contribution in [2.24, 2.45) is 0 Å². The van der Waals surface area contributed by atoms with Gasteiger partial charge in [0, 0.05) is 17.9 Å². The molecule has 0 aliphatic carbocycles. The van der Waals surface area contributed by atoms with Crippen LogP contribution in [0.15, 0.2) is 48.8 Å². The van der Waals surface area contributed by atoms with E-state index in [0.29, 0.717) is 17.8 Å². The topological polar surface area (TPSA) is 62.6 Å². The van der Waals surface area contributed by atoms with Gasteiger partial charge in [-0.05, 0) is 23.8 Å². The molecule has 0 saturated heterocycles. The van der Waals surface area contributed by atoms with Crippen molar-refractivity contribution < 1.29 is 14.8 Å². The molecule has 86 valence electrons. The van der Waals surface area contributed by atoms with Gasteiger partial charge in [0.15, 0.2) is 0 Å². The predicted octanol–water partition coefficient (Wildman–Crippen LogP) is 0.340. The second-order valence-electron chi connectivity index (χ2n) is 3.56. The zero-order chi connectivity index (χ0) is 12.1. The average molecular weight is 229 g/mol. The van der Waals surface area contributed by atoms with Gasteiger partial charge in [0.05, 0.1) is 0 Å². The number of pyridine rings is 1. The number of benzene rings is 1. The Morgan fingerprint density at radius 3 is 2.47 bits per heavy atom. The minimum Gasteiger partial charge on any atom is -0.489 e. The van der Waals surface area contributed by atoms with Gasteiger partial charge in [-0.25, -0.2) is 0 Å². The summed E-state index contributed by atoms with van der Waals surface area (Å²) in [7, 11) is -1.52. The van der Waals surface area contributed by atoms with Gasteiger partial charge in [0.2, 0.25) is 0 Å². The van der Waals surface area contributed by atoms with Crippen molar-refractivity contribution in [2.75, 3.05) is 0 Å². The van der Waals surface area contributed by atoms with Crippen LogP contribution in [0.1, 0.15) is 5.56 Å². The van der Waals surface area contributed by atoms with Crippen LogP contribution >= 0.6 is 0 Å². The van der Waals surface area contributed by atoms with Crippen LogP contribution in [0.2, 0.25) is 0 Å². The van der Waals surface area contributed by atoms with E-state index >= 15 is 0 Å². The molecule has 0 fully saturated rings. The minimum absolute atomic E-state index is 0.363. The molecule has 1 aromatic carbocycles. The minimum atomic E-state index is -1.52. The van der Waals surface area contributed by atoms with Crippen LogP contribution in [-0.2, 0) is 6.61 Å². The summed E-state index contributed by atoms with van der Waals surface area (Å²) in [5, 5.41) is 18.3. The van der Waals surface area contributed by atoms with Gasteiger partial charge in [0.25, 0.3) is 0 Å². The van der Waals surface area contributed by atoms with Crippen LogP contribution in [0.4, 0.5) is 0 Å². The summed E-state index contributed by atoms with van der Waals surface area (Å²) in [6.45, 7) is 0.367. The standard InChI is InChI=1S/C12H12BNO3/c15-13(16)11-3-1-2-4-12(11)17-9-10-5-7-14-8-6-10/h1-8,15-16H,9H2. The summed E-state index contributed by atoms with van der Waals surface area (Å²) in [6.07, 6.45) is 3.37. The number of hydrogen-bond donors (Lipinski definition) is 2. The Hall–Kier alpha value is -1.85. The van der Waals surface area contributed by atoms with E-state index in [0.717, 1.165) is 5.56 Å². The van der Waals surface area contributed by atoms with Gasteiger partial charge in [-0.1, -0.05) is 18.2 Å². The second kappa shape index (κ2) is 5.47.